The van der Waals surface area contributed by atoms with E-state index in [2.05, 4.69) is 6.07 Å². The first kappa shape index (κ1) is 14.2. The topological polar surface area (TPSA) is 44.1 Å². The fraction of sp³-hybridized carbons (Fsp3) is 0.467. The number of aryl methyl sites for hydroxylation is 2. The Balaban J connectivity index is 2.86. The number of hydrogen-bond donors (Lipinski definition) is 0. The summed E-state index contributed by atoms with van der Waals surface area (Å²) in [5.74, 6) is -0.148. The molecular weight excluding hydrogens is 224 g/mol. The first-order valence-electron chi connectivity index (χ1n) is 6.01. The van der Waals surface area contributed by atoms with E-state index in [1.807, 2.05) is 32.0 Å². The molecule has 0 saturated heterocycles. The van der Waals surface area contributed by atoms with E-state index in [9.17, 15) is 4.79 Å². The van der Waals surface area contributed by atoms with E-state index < -0.39 is 5.41 Å². The first-order chi connectivity index (χ1) is 8.27. The van der Waals surface area contributed by atoms with Crippen molar-refractivity contribution in [3.8, 4) is 6.07 Å². The molecule has 1 aromatic carbocycles. The van der Waals surface area contributed by atoms with Crippen molar-refractivity contribution in [1.82, 2.24) is 4.90 Å². The van der Waals surface area contributed by atoms with Crippen LogP contribution in [0.3, 0.4) is 0 Å². The molecule has 1 aromatic rings. The van der Waals surface area contributed by atoms with Crippen LogP contribution in [0.25, 0.3) is 0 Å². The summed E-state index contributed by atoms with van der Waals surface area (Å²) in [6.45, 7) is 7.91. The van der Waals surface area contributed by atoms with Gasteiger partial charge in [0.05, 0.1) is 6.07 Å². The molecular formula is C15H20N2O. The zero-order chi connectivity index (χ0) is 13.9. The van der Waals surface area contributed by atoms with Crippen molar-refractivity contribution in [2.24, 2.45) is 5.41 Å². The Labute approximate surface area is 109 Å². The van der Waals surface area contributed by atoms with Gasteiger partial charge in [-0.25, -0.2) is 0 Å². The monoisotopic (exact) mass is 244 g/mol. The van der Waals surface area contributed by atoms with Crippen LogP contribution in [0.4, 0.5) is 0 Å². The Morgan fingerprint density at radius 2 is 2.00 bits per heavy atom. The predicted molar refractivity (Wildman–Crippen MR) is 71.8 cm³/mol. The third kappa shape index (κ3) is 3.10. The molecule has 0 aliphatic heterocycles. The number of benzene rings is 1. The Kier molecular flexibility index (Phi) is 4.13. The summed E-state index contributed by atoms with van der Waals surface area (Å²) < 4.78 is 0. The van der Waals surface area contributed by atoms with Crippen molar-refractivity contribution in [3.63, 3.8) is 0 Å². The molecule has 3 heteroatoms. The maximum Gasteiger partial charge on any atom is 0.242 e. The lowest BCUT2D eigenvalue weighted by molar-refractivity contribution is -0.136. The van der Waals surface area contributed by atoms with E-state index in [-0.39, 0.29) is 5.91 Å². The Bertz CT molecular complexity index is 498. The van der Waals surface area contributed by atoms with Gasteiger partial charge in [0.25, 0.3) is 0 Å². The third-order valence-corrected chi connectivity index (χ3v) is 3.07. The zero-order valence-corrected chi connectivity index (χ0v) is 11.7. The minimum Gasteiger partial charge on any atom is -0.340 e. The summed E-state index contributed by atoms with van der Waals surface area (Å²) in [6, 6.07) is 8.21. The van der Waals surface area contributed by atoms with Gasteiger partial charge in [-0.2, -0.15) is 5.26 Å². The van der Waals surface area contributed by atoms with Gasteiger partial charge in [0.15, 0.2) is 0 Å². The van der Waals surface area contributed by atoms with Crippen LogP contribution in [0, 0.1) is 30.6 Å². The molecule has 0 atom stereocenters. The van der Waals surface area contributed by atoms with Crippen LogP contribution in [-0.4, -0.2) is 17.9 Å². The quantitative estimate of drug-likeness (QED) is 0.820. The maximum absolute atomic E-state index is 12.1. The van der Waals surface area contributed by atoms with Gasteiger partial charge < -0.3 is 4.90 Å². The van der Waals surface area contributed by atoms with E-state index in [4.69, 9.17) is 5.26 Å². The normalized spacial score (nSPS) is 10.9. The number of nitriles is 1. The van der Waals surface area contributed by atoms with Crippen molar-refractivity contribution in [2.75, 3.05) is 7.05 Å². The highest BCUT2D eigenvalue weighted by Gasteiger charge is 2.30. The summed E-state index contributed by atoms with van der Waals surface area (Å²) in [6.07, 6.45) is 0. The molecule has 0 unspecified atom stereocenters. The smallest absolute Gasteiger partial charge is 0.242 e. The van der Waals surface area contributed by atoms with Gasteiger partial charge in [0, 0.05) is 13.6 Å². The van der Waals surface area contributed by atoms with Crippen molar-refractivity contribution < 1.29 is 4.79 Å². The van der Waals surface area contributed by atoms with E-state index in [1.54, 1.807) is 25.8 Å². The Morgan fingerprint density at radius 1 is 1.39 bits per heavy atom. The molecule has 18 heavy (non-hydrogen) atoms. The van der Waals surface area contributed by atoms with Crippen molar-refractivity contribution >= 4 is 5.91 Å². The van der Waals surface area contributed by atoms with Gasteiger partial charge in [-0.3, -0.25) is 4.79 Å². The number of rotatable bonds is 3. The minimum absolute atomic E-state index is 0.148. The van der Waals surface area contributed by atoms with Crippen molar-refractivity contribution in [1.29, 1.82) is 5.26 Å². The predicted octanol–water partition coefficient (Wildman–Crippen LogP) is 2.81. The van der Waals surface area contributed by atoms with Crippen molar-refractivity contribution in [3.05, 3.63) is 34.9 Å². The number of carbonyl (C=O) groups is 1. The summed E-state index contributed by atoms with van der Waals surface area (Å²) >= 11 is 0. The van der Waals surface area contributed by atoms with Crippen LogP contribution in [0.2, 0.25) is 0 Å². The van der Waals surface area contributed by atoms with Gasteiger partial charge in [0.2, 0.25) is 5.91 Å². The van der Waals surface area contributed by atoms with Gasteiger partial charge in [-0.15, -0.1) is 0 Å². The lowest BCUT2D eigenvalue weighted by atomic mass is 9.93. The third-order valence-electron chi connectivity index (χ3n) is 3.07. The Hall–Kier alpha value is -1.82. The second-order valence-electron chi connectivity index (χ2n) is 5.33. The standard InChI is InChI=1S/C15H20N2O/c1-11-6-7-13(12(2)8-11)9-17(5)14(18)15(3,4)10-16/h6-8H,9H2,1-5H3. The van der Waals surface area contributed by atoms with Crippen LogP contribution < -0.4 is 0 Å². The highest BCUT2D eigenvalue weighted by Crippen LogP contribution is 2.19. The molecule has 0 heterocycles. The van der Waals surface area contributed by atoms with Gasteiger partial charge in [-0.05, 0) is 38.8 Å². The van der Waals surface area contributed by atoms with E-state index in [0.29, 0.717) is 6.54 Å². The molecule has 3 nitrogen and oxygen atoms in total. The largest absolute Gasteiger partial charge is 0.340 e. The van der Waals surface area contributed by atoms with Crippen molar-refractivity contribution in [2.45, 2.75) is 34.2 Å². The van der Waals surface area contributed by atoms with Gasteiger partial charge in [-0.1, -0.05) is 23.8 Å². The average Bonchev–Trinajstić information content (AvgIpc) is 2.31. The summed E-state index contributed by atoms with van der Waals surface area (Å²) in [4.78, 5) is 13.7. The molecule has 1 rings (SSSR count). The maximum atomic E-state index is 12.1. The summed E-state index contributed by atoms with van der Waals surface area (Å²) in [7, 11) is 1.74. The highest BCUT2D eigenvalue weighted by atomic mass is 16.2. The van der Waals surface area contributed by atoms with Gasteiger partial charge >= 0.3 is 0 Å². The minimum atomic E-state index is -0.965. The highest BCUT2D eigenvalue weighted by molar-refractivity contribution is 5.84. The average molecular weight is 244 g/mol. The second kappa shape index (κ2) is 5.22. The first-order valence-corrected chi connectivity index (χ1v) is 6.01. The van der Waals surface area contributed by atoms with E-state index in [0.717, 1.165) is 5.56 Å². The number of carbonyl (C=O) groups excluding carboxylic acids is 1. The molecule has 0 aromatic heterocycles. The fourth-order valence-electron chi connectivity index (χ4n) is 1.88. The molecule has 0 aliphatic rings. The van der Waals surface area contributed by atoms with Crippen LogP contribution in [-0.2, 0) is 11.3 Å². The molecule has 0 bridgehead atoms. The van der Waals surface area contributed by atoms with Crippen LogP contribution >= 0.6 is 0 Å². The zero-order valence-electron chi connectivity index (χ0n) is 11.7. The molecule has 0 saturated carbocycles. The van der Waals surface area contributed by atoms with Gasteiger partial charge in [0.1, 0.15) is 5.41 Å². The number of nitrogens with zero attached hydrogens (tertiary/aromatic N) is 2. The van der Waals surface area contributed by atoms with E-state index in [1.165, 1.54) is 11.1 Å². The van der Waals surface area contributed by atoms with Crippen LogP contribution in [0.5, 0.6) is 0 Å². The van der Waals surface area contributed by atoms with Crippen LogP contribution in [0.15, 0.2) is 18.2 Å². The lowest BCUT2D eigenvalue weighted by Crippen LogP contribution is -2.37. The van der Waals surface area contributed by atoms with E-state index >= 15 is 0 Å². The number of amides is 1. The fourth-order valence-corrected chi connectivity index (χ4v) is 1.88. The lowest BCUT2D eigenvalue weighted by Gasteiger charge is -2.24. The summed E-state index contributed by atoms with van der Waals surface area (Å²) in [5.41, 5.74) is 2.53. The Morgan fingerprint density at radius 3 is 2.50 bits per heavy atom. The molecule has 1 amide bonds. The van der Waals surface area contributed by atoms with Crippen LogP contribution in [0.1, 0.15) is 30.5 Å². The number of hydrogen-bond acceptors (Lipinski definition) is 2. The molecule has 0 radical (unpaired) electrons. The summed E-state index contributed by atoms with van der Waals surface area (Å²) in [5, 5.41) is 8.97. The molecule has 96 valence electrons. The molecule has 0 spiro atoms. The molecule has 0 aliphatic carbocycles. The SMILES string of the molecule is Cc1ccc(CN(C)C(=O)C(C)(C)C#N)c(C)c1. The molecule has 0 N–H and O–H groups in total. The molecule has 0 fully saturated rings. The second-order valence-corrected chi connectivity index (χ2v) is 5.33.